The van der Waals surface area contributed by atoms with Crippen LogP contribution in [0.5, 0.6) is 0 Å². The monoisotopic (exact) mass is 518 g/mol. The van der Waals surface area contributed by atoms with E-state index in [1.807, 2.05) is 55.6 Å². The third-order valence-electron chi connectivity index (χ3n) is 8.07. The Morgan fingerprint density at radius 3 is 2.54 bits per heavy atom. The fraction of sp³-hybridized carbons (Fsp3) is 0.303. The lowest BCUT2D eigenvalue weighted by Crippen LogP contribution is -2.13. The van der Waals surface area contributed by atoms with E-state index in [1.54, 1.807) is 0 Å². The highest BCUT2D eigenvalue weighted by molar-refractivity contribution is 5.99. The average Bonchev–Trinajstić information content (AvgIpc) is 3.58. The topological polar surface area (TPSA) is 72.9 Å². The van der Waals surface area contributed by atoms with Gasteiger partial charge in [0.05, 0.1) is 22.3 Å². The number of carboxylic acids is 1. The van der Waals surface area contributed by atoms with Crippen LogP contribution >= 0.6 is 0 Å². The lowest BCUT2D eigenvalue weighted by atomic mass is 9.94. The maximum Gasteiger partial charge on any atom is 0.336 e. The molecule has 0 spiro atoms. The standard InChI is InChI=1S/C33H34N4O2/c1-3-10-30-35-27-17-15-24(32-34-19-20-36(32)25-13-8-5-9-14-25)21-29(27)37(30)28-18-16-26(23-11-6-4-7-12-23)31(22(28)2)33(38)39/h4,6-7,11-12,15-21,25H,3,5,8-10,13-14H2,1-2H3,(H,38,39). The largest absolute Gasteiger partial charge is 0.478 e. The number of aromatic nitrogens is 4. The lowest BCUT2D eigenvalue weighted by molar-refractivity contribution is 0.0697. The number of benzene rings is 3. The molecule has 0 aliphatic heterocycles. The highest BCUT2D eigenvalue weighted by Crippen LogP contribution is 2.35. The van der Waals surface area contributed by atoms with Crippen molar-refractivity contribution in [2.45, 2.75) is 64.8 Å². The SMILES string of the molecule is CCCc1nc2ccc(-c3nccn3C3CCCCC3)cc2n1-c1ccc(-c2ccccc2)c(C(=O)O)c1C. The van der Waals surface area contributed by atoms with Crippen LogP contribution < -0.4 is 0 Å². The smallest absolute Gasteiger partial charge is 0.336 e. The molecule has 0 atom stereocenters. The number of carbonyl (C=O) groups is 1. The van der Waals surface area contributed by atoms with E-state index in [0.717, 1.165) is 63.5 Å². The third kappa shape index (κ3) is 4.54. The van der Waals surface area contributed by atoms with Gasteiger partial charge in [0.15, 0.2) is 0 Å². The molecule has 0 amide bonds. The molecule has 1 aliphatic rings. The molecule has 39 heavy (non-hydrogen) atoms. The second kappa shape index (κ2) is 10.5. The van der Waals surface area contributed by atoms with Crippen molar-refractivity contribution < 1.29 is 9.90 Å². The van der Waals surface area contributed by atoms with Crippen molar-refractivity contribution in [2.75, 3.05) is 0 Å². The normalized spacial score (nSPS) is 14.2. The van der Waals surface area contributed by atoms with Crippen LogP contribution in [0, 0.1) is 6.92 Å². The minimum atomic E-state index is -0.926. The van der Waals surface area contributed by atoms with Crippen LogP contribution in [0.15, 0.2) is 73.1 Å². The molecule has 6 rings (SSSR count). The van der Waals surface area contributed by atoms with Gasteiger partial charge in [0.1, 0.15) is 11.6 Å². The Hall–Kier alpha value is -4.19. The second-order valence-corrected chi connectivity index (χ2v) is 10.6. The molecule has 0 bridgehead atoms. The molecule has 6 nitrogen and oxygen atoms in total. The van der Waals surface area contributed by atoms with Crippen molar-refractivity contribution in [1.29, 1.82) is 0 Å². The van der Waals surface area contributed by atoms with E-state index in [9.17, 15) is 9.90 Å². The molecule has 2 aromatic heterocycles. The second-order valence-electron chi connectivity index (χ2n) is 10.6. The number of carboxylic acid groups (broad SMARTS) is 1. The van der Waals surface area contributed by atoms with Crippen LogP contribution in [0.4, 0.5) is 0 Å². The lowest BCUT2D eigenvalue weighted by Gasteiger charge is -2.24. The zero-order valence-corrected chi connectivity index (χ0v) is 22.6. The van der Waals surface area contributed by atoms with Gasteiger partial charge in [0, 0.05) is 30.4 Å². The van der Waals surface area contributed by atoms with E-state index >= 15 is 0 Å². The molecule has 1 N–H and O–H groups in total. The van der Waals surface area contributed by atoms with Crippen molar-refractivity contribution in [1.82, 2.24) is 19.1 Å². The minimum Gasteiger partial charge on any atom is -0.478 e. The number of hydrogen-bond donors (Lipinski definition) is 1. The van der Waals surface area contributed by atoms with Gasteiger partial charge in [-0.3, -0.25) is 4.57 Å². The van der Waals surface area contributed by atoms with Crippen molar-refractivity contribution >= 4 is 17.0 Å². The molecule has 5 aromatic rings. The summed E-state index contributed by atoms with van der Waals surface area (Å²) in [5.74, 6) is 0.994. The Morgan fingerprint density at radius 2 is 1.79 bits per heavy atom. The molecule has 1 fully saturated rings. The van der Waals surface area contributed by atoms with Gasteiger partial charge in [-0.05, 0) is 67.1 Å². The minimum absolute atomic E-state index is 0.326. The molecule has 6 heteroatoms. The van der Waals surface area contributed by atoms with Crippen LogP contribution in [-0.2, 0) is 6.42 Å². The Kier molecular flexibility index (Phi) is 6.77. The molecule has 198 valence electrons. The fourth-order valence-corrected chi connectivity index (χ4v) is 6.19. The maximum atomic E-state index is 12.6. The average molecular weight is 519 g/mol. The predicted octanol–water partition coefficient (Wildman–Crippen LogP) is 8.02. The van der Waals surface area contributed by atoms with Gasteiger partial charge < -0.3 is 9.67 Å². The van der Waals surface area contributed by atoms with Crippen molar-refractivity contribution in [3.8, 4) is 28.2 Å². The van der Waals surface area contributed by atoms with Gasteiger partial charge >= 0.3 is 5.97 Å². The highest BCUT2D eigenvalue weighted by atomic mass is 16.4. The van der Waals surface area contributed by atoms with Crippen LogP contribution in [0.1, 0.15) is 73.2 Å². The summed E-state index contributed by atoms with van der Waals surface area (Å²) >= 11 is 0. The zero-order chi connectivity index (χ0) is 26.9. The van der Waals surface area contributed by atoms with Gasteiger partial charge in [-0.1, -0.05) is 62.6 Å². The molecule has 1 saturated carbocycles. The zero-order valence-electron chi connectivity index (χ0n) is 22.6. The van der Waals surface area contributed by atoms with Crippen molar-refractivity contribution in [3.05, 3.63) is 90.0 Å². The van der Waals surface area contributed by atoms with Gasteiger partial charge in [0.2, 0.25) is 0 Å². The molecule has 3 aromatic carbocycles. The summed E-state index contributed by atoms with van der Waals surface area (Å²) in [5, 5.41) is 10.3. The first-order valence-electron chi connectivity index (χ1n) is 14.0. The number of rotatable bonds is 7. The molecule has 0 saturated heterocycles. The van der Waals surface area contributed by atoms with Gasteiger partial charge in [0.25, 0.3) is 0 Å². The number of fused-ring (bicyclic) bond motifs is 1. The van der Waals surface area contributed by atoms with Crippen LogP contribution in [0.25, 0.3) is 39.2 Å². The fourth-order valence-electron chi connectivity index (χ4n) is 6.19. The van der Waals surface area contributed by atoms with Crippen LogP contribution in [-0.4, -0.2) is 30.2 Å². The quantitative estimate of drug-likeness (QED) is 0.237. The molecular weight excluding hydrogens is 484 g/mol. The van der Waals surface area contributed by atoms with Gasteiger partial charge in [-0.15, -0.1) is 0 Å². The maximum absolute atomic E-state index is 12.6. The molecular formula is C33H34N4O2. The number of nitrogens with zero attached hydrogens (tertiary/aromatic N) is 4. The molecule has 0 radical (unpaired) electrons. The predicted molar refractivity (Wildman–Crippen MR) is 156 cm³/mol. The number of aromatic carboxylic acids is 1. The van der Waals surface area contributed by atoms with E-state index in [-0.39, 0.29) is 0 Å². The van der Waals surface area contributed by atoms with Gasteiger partial charge in [-0.2, -0.15) is 0 Å². The summed E-state index contributed by atoms with van der Waals surface area (Å²) < 4.78 is 4.50. The van der Waals surface area contributed by atoms with Crippen LogP contribution in [0.2, 0.25) is 0 Å². The highest BCUT2D eigenvalue weighted by Gasteiger charge is 2.23. The number of aryl methyl sites for hydroxylation is 1. The van der Waals surface area contributed by atoms with Crippen molar-refractivity contribution in [3.63, 3.8) is 0 Å². The van der Waals surface area contributed by atoms with Crippen molar-refractivity contribution in [2.24, 2.45) is 0 Å². The summed E-state index contributed by atoms with van der Waals surface area (Å²) in [7, 11) is 0. The Bertz CT molecular complexity index is 1640. The number of imidazole rings is 2. The summed E-state index contributed by atoms with van der Waals surface area (Å²) in [6, 6.07) is 20.5. The first-order chi connectivity index (χ1) is 19.1. The Morgan fingerprint density at radius 1 is 1.00 bits per heavy atom. The third-order valence-corrected chi connectivity index (χ3v) is 8.07. The summed E-state index contributed by atoms with van der Waals surface area (Å²) in [5.41, 5.74) is 6.46. The summed E-state index contributed by atoms with van der Waals surface area (Å²) in [6.07, 6.45) is 12.0. The van der Waals surface area contributed by atoms with E-state index in [1.165, 1.54) is 32.1 Å². The number of hydrogen-bond acceptors (Lipinski definition) is 3. The first-order valence-corrected chi connectivity index (χ1v) is 14.0. The summed E-state index contributed by atoms with van der Waals surface area (Å²) in [4.78, 5) is 22.3. The van der Waals surface area contributed by atoms with E-state index in [4.69, 9.17) is 9.97 Å². The first kappa shape index (κ1) is 25.1. The van der Waals surface area contributed by atoms with E-state index in [2.05, 4.69) is 40.5 Å². The Balaban J connectivity index is 1.53. The Labute approximate surface area is 229 Å². The van der Waals surface area contributed by atoms with E-state index in [0.29, 0.717) is 11.6 Å². The molecule has 2 heterocycles. The van der Waals surface area contributed by atoms with Gasteiger partial charge in [-0.25, -0.2) is 14.8 Å². The molecule has 1 aliphatic carbocycles. The van der Waals surface area contributed by atoms with E-state index < -0.39 is 5.97 Å². The summed E-state index contributed by atoms with van der Waals surface area (Å²) in [6.45, 7) is 4.05. The van der Waals surface area contributed by atoms with Crippen LogP contribution in [0.3, 0.4) is 0 Å². The molecule has 0 unspecified atom stereocenters.